The average molecular weight is 146 g/mol. The molecule has 1 amide bonds. The number of piperidine rings is 1. The molecule has 3 nitrogen and oxygen atoms in total. The summed E-state index contributed by atoms with van der Waals surface area (Å²) in [6.07, 6.45) is 1.77. The minimum atomic E-state index is -0.309. The zero-order chi connectivity index (χ0) is 6.85. The minimum Gasteiger partial charge on any atom is -0.320 e. The van der Waals surface area contributed by atoms with E-state index in [4.69, 9.17) is 5.73 Å². The predicted octanol–water partition coefficient (Wildman–Crippen LogP) is -0.219. The Morgan fingerprint density at radius 1 is 1.78 bits per heavy atom. The van der Waals surface area contributed by atoms with Crippen LogP contribution in [-0.4, -0.2) is 22.8 Å². The van der Waals surface area contributed by atoms with E-state index in [0.717, 1.165) is 19.4 Å². The maximum absolute atomic E-state index is 10.8. The summed E-state index contributed by atoms with van der Waals surface area (Å²) in [6.45, 7) is 0.732. The van der Waals surface area contributed by atoms with Crippen molar-refractivity contribution in [3.63, 3.8) is 0 Å². The first-order chi connectivity index (χ1) is 4.22. The molecule has 1 unspecified atom stereocenters. The number of rotatable bonds is 0. The fraction of sp³-hybridized carbons (Fsp3) is 0.800. The van der Waals surface area contributed by atoms with Gasteiger partial charge in [-0.05, 0) is 12.8 Å². The Morgan fingerprint density at radius 3 is 2.89 bits per heavy atom. The van der Waals surface area contributed by atoms with Crippen molar-refractivity contribution in [2.75, 3.05) is 6.54 Å². The van der Waals surface area contributed by atoms with Gasteiger partial charge in [-0.1, -0.05) is 12.8 Å². The Labute approximate surface area is 59.7 Å². The van der Waals surface area contributed by atoms with Crippen LogP contribution in [0.25, 0.3) is 0 Å². The molecule has 0 bridgehead atoms. The molecule has 0 aromatic rings. The van der Waals surface area contributed by atoms with Crippen LogP contribution in [0.5, 0.6) is 0 Å². The summed E-state index contributed by atoms with van der Waals surface area (Å²) in [4.78, 5) is 10.8. The molecule has 2 N–H and O–H groups in total. The molecule has 1 saturated heterocycles. The standard InChI is InChI=1S/C5H10N2OS/c6-4-2-1-3-7(9)5(4)8/h4,9H,1-3,6H2. The Balaban J connectivity index is 2.52. The highest BCUT2D eigenvalue weighted by Crippen LogP contribution is 2.10. The van der Waals surface area contributed by atoms with Crippen molar-refractivity contribution in [2.45, 2.75) is 18.9 Å². The summed E-state index contributed by atoms with van der Waals surface area (Å²) >= 11 is 3.92. The Kier molecular flexibility index (Phi) is 1.97. The van der Waals surface area contributed by atoms with Gasteiger partial charge < -0.3 is 5.73 Å². The second-order valence-corrected chi connectivity index (χ2v) is 2.69. The van der Waals surface area contributed by atoms with Crippen LogP contribution in [0, 0.1) is 0 Å². The number of nitrogens with zero attached hydrogens (tertiary/aromatic N) is 1. The zero-order valence-electron chi connectivity index (χ0n) is 5.08. The quantitative estimate of drug-likeness (QED) is 0.464. The SMILES string of the molecule is NC1CCCN(S)C1=O. The number of amides is 1. The second kappa shape index (κ2) is 2.58. The van der Waals surface area contributed by atoms with Crippen molar-refractivity contribution in [3.8, 4) is 0 Å². The summed E-state index contributed by atoms with van der Waals surface area (Å²) in [7, 11) is 0. The summed E-state index contributed by atoms with van der Waals surface area (Å²) < 4.78 is 1.38. The third kappa shape index (κ3) is 1.37. The Bertz CT molecular complexity index is 116. The largest absolute Gasteiger partial charge is 0.320 e. The van der Waals surface area contributed by atoms with Crippen LogP contribution < -0.4 is 5.73 Å². The van der Waals surface area contributed by atoms with Gasteiger partial charge in [-0.2, -0.15) is 0 Å². The van der Waals surface area contributed by atoms with Crippen LogP contribution >= 0.6 is 12.8 Å². The summed E-state index contributed by atoms with van der Waals surface area (Å²) in [5.41, 5.74) is 5.43. The van der Waals surface area contributed by atoms with E-state index < -0.39 is 0 Å². The molecule has 0 aromatic carbocycles. The fourth-order valence-electron chi connectivity index (χ4n) is 0.886. The number of hydrogen-bond acceptors (Lipinski definition) is 3. The summed E-state index contributed by atoms with van der Waals surface area (Å²) in [5, 5.41) is 0. The van der Waals surface area contributed by atoms with Crippen LogP contribution in [0.15, 0.2) is 0 Å². The molecule has 1 atom stereocenters. The molecule has 0 saturated carbocycles. The predicted molar refractivity (Wildman–Crippen MR) is 37.9 cm³/mol. The van der Waals surface area contributed by atoms with Gasteiger partial charge in [-0.3, -0.25) is 9.10 Å². The van der Waals surface area contributed by atoms with E-state index in [1.54, 1.807) is 0 Å². The smallest absolute Gasteiger partial charge is 0.249 e. The first-order valence-electron chi connectivity index (χ1n) is 2.97. The van der Waals surface area contributed by atoms with Gasteiger partial charge in [0.1, 0.15) is 0 Å². The normalized spacial score (nSPS) is 28.9. The van der Waals surface area contributed by atoms with Crippen LogP contribution in [-0.2, 0) is 4.79 Å². The van der Waals surface area contributed by atoms with E-state index in [2.05, 4.69) is 12.8 Å². The molecule has 1 fully saturated rings. The van der Waals surface area contributed by atoms with Gasteiger partial charge in [0.05, 0.1) is 6.04 Å². The molecule has 1 aliphatic heterocycles. The van der Waals surface area contributed by atoms with Crippen molar-refractivity contribution in [3.05, 3.63) is 0 Å². The maximum atomic E-state index is 10.8. The summed E-state index contributed by atoms with van der Waals surface area (Å²) in [5.74, 6) is -0.0513. The van der Waals surface area contributed by atoms with E-state index in [-0.39, 0.29) is 11.9 Å². The zero-order valence-corrected chi connectivity index (χ0v) is 5.97. The number of carbonyl (C=O) groups excluding carboxylic acids is 1. The van der Waals surface area contributed by atoms with Crippen LogP contribution in [0.1, 0.15) is 12.8 Å². The van der Waals surface area contributed by atoms with Gasteiger partial charge in [0.15, 0.2) is 0 Å². The van der Waals surface area contributed by atoms with Crippen molar-refractivity contribution >= 4 is 18.7 Å². The third-order valence-electron chi connectivity index (χ3n) is 1.46. The highest BCUT2D eigenvalue weighted by molar-refractivity contribution is 7.78. The van der Waals surface area contributed by atoms with Gasteiger partial charge in [0.25, 0.3) is 0 Å². The number of nitrogens with two attached hydrogens (primary N) is 1. The molecule has 1 rings (SSSR count). The van der Waals surface area contributed by atoms with Gasteiger partial charge >= 0.3 is 0 Å². The first kappa shape index (κ1) is 6.89. The van der Waals surface area contributed by atoms with Gasteiger partial charge in [-0.25, -0.2) is 0 Å². The molecule has 52 valence electrons. The molecule has 0 spiro atoms. The fourth-order valence-corrected chi connectivity index (χ4v) is 1.18. The molecule has 0 radical (unpaired) electrons. The van der Waals surface area contributed by atoms with E-state index in [1.807, 2.05) is 0 Å². The van der Waals surface area contributed by atoms with Gasteiger partial charge in [0, 0.05) is 6.54 Å². The molecule has 0 aliphatic carbocycles. The average Bonchev–Trinajstić information content (AvgIpc) is 1.83. The molecule has 9 heavy (non-hydrogen) atoms. The molecule has 1 aliphatic rings. The maximum Gasteiger partial charge on any atom is 0.249 e. The van der Waals surface area contributed by atoms with Gasteiger partial charge in [0.2, 0.25) is 5.91 Å². The minimum absolute atomic E-state index is 0.0513. The van der Waals surface area contributed by atoms with Crippen molar-refractivity contribution < 1.29 is 4.79 Å². The van der Waals surface area contributed by atoms with Crippen LogP contribution in [0.3, 0.4) is 0 Å². The van der Waals surface area contributed by atoms with Gasteiger partial charge in [-0.15, -0.1) is 0 Å². The summed E-state index contributed by atoms with van der Waals surface area (Å²) in [6, 6.07) is -0.309. The number of carbonyl (C=O) groups is 1. The van der Waals surface area contributed by atoms with Crippen LogP contribution in [0.4, 0.5) is 0 Å². The van der Waals surface area contributed by atoms with Crippen molar-refractivity contribution in [1.82, 2.24) is 4.31 Å². The van der Waals surface area contributed by atoms with E-state index in [9.17, 15) is 4.79 Å². The monoisotopic (exact) mass is 146 g/mol. The lowest BCUT2D eigenvalue weighted by atomic mass is 10.1. The Morgan fingerprint density at radius 2 is 2.44 bits per heavy atom. The lowest BCUT2D eigenvalue weighted by Gasteiger charge is -2.24. The lowest BCUT2D eigenvalue weighted by Crippen LogP contribution is -2.43. The molecule has 0 aromatic heterocycles. The van der Waals surface area contributed by atoms with E-state index in [1.165, 1.54) is 4.31 Å². The molecular formula is C5H10N2OS. The second-order valence-electron chi connectivity index (χ2n) is 2.21. The first-order valence-corrected chi connectivity index (χ1v) is 3.37. The van der Waals surface area contributed by atoms with Crippen molar-refractivity contribution in [2.24, 2.45) is 5.73 Å². The highest BCUT2D eigenvalue weighted by Gasteiger charge is 2.22. The molecule has 1 heterocycles. The topological polar surface area (TPSA) is 46.3 Å². The lowest BCUT2D eigenvalue weighted by molar-refractivity contribution is -0.129. The number of hydrogen-bond donors (Lipinski definition) is 2. The van der Waals surface area contributed by atoms with E-state index in [0.29, 0.717) is 0 Å². The third-order valence-corrected chi connectivity index (χ3v) is 1.85. The molecule has 4 heteroatoms. The van der Waals surface area contributed by atoms with E-state index >= 15 is 0 Å². The van der Waals surface area contributed by atoms with Crippen molar-refractivity contribution in [1.29, 1.82) is 0 Å². The highest BCUT2D eigenvalue weighted by atomic mass is 32.1. The molecular weight excluding hydrogens is 136 g/mol. The number of thiol groups is 1. The van der Waals surface area contributed by atoms with Crippen LogP contribution in [0.2, 0.25) is 0 Å². The Hall–Kier alpha value is -0.220.